The fourth-order valence-corrected chi connectivity index (χ4v) is 3.08. The van der Waals surface area contributed by atoms with Crippen molar-refractivity contribution in [3.05, 3.63) is 71.3 Å². The zero-order valence-electron chi connectivity index (χ0n) is 14.1. The molecule has 5 heteroatoms. The highest BCUT2D eigenvalue weighted by Crippen LogP contribution is 2.24. The van der Waals surface area contributed by atoms with Gasteiger partial charge >= 0.3 is 5.97 Å². The summed E-state index contributed by atoms with van der Waals surface area (Å²) >= 11 is 0. The number of hydrogen-bond acceptors (Lipinski definition) is 3. The number of fused-ring (bicyclic) bond motifs is 1. The van der Waals surface area contributed by atoms with Gasteiger partial charge in [-0.2, -0.15) is 0 Å². The Morgan fingerprint density at radius 2 is 1.76 bits per heavy atom. The molecule has 2 aromatic rings. The number of carbonyl (C=O) groups is 2. The standard InChI is InChI=1S/C20H21NO4/c1-14(25-13-15-7-3-2-4-8-15)19(22)21-12-17-10-6-5-9-16(17)11-18(21)20(23)24/h2-10,14,18H,11-13H2,1H3,(H,23,24). The largest absolute Gasteiger partial charge is 0.480 e. The second-order valence-electron chi connectivity index (χ2n) is 6.23. The summed E-state index contributed by atoms with van der Waals surface area (Å²) in [6, 6.07) is 16.4. The molecule has 0 saturated carbocycles. The SMILES string of the molecule is CC(OCc1ccccc1)C(=O)N1Cc2ccccc2CC1C(=O)O. The van der Waals surface area contributed by atoms with E-state index in [0.717, 1.165) is 16.7 Å². The summed E-state index contributed by atoms with van der Waals surface area (Å²) in [4.78, 5) is 25.8. The third kappa shape index (κ3) is 3.88. The van der Waals surface area contributed by atoms with E-state index < -0.39 is 18.1 Å². The lowest BCUT2D eigenvalue weighted by Gasteiger charge is -2.35. The fourth-order valence-electron chi connectivity index (χ4n) is 3.08. The number of aliphatic carboxylic acids is 1. The molecule has 0 bridgehead atoms. The van der Waals surface area contributed by atoms with Crippen molar-refractivity contribution in [2.75, 3.05) is 0 Å². The lowest BCUT2D eigenvalue weighted by atomic mass is 9.93. The fraction of sp³-hybridized carbons (Fsp3) is 0.300. The van der Waals surface area contributed by atoms with E-state index in [9.17, 15) is 14.7 Å². The Morgan fingerprint density at radius 1 is 1.12 bits per heavy atom. The van der Waals surface area contributed by atoms with Crippen LogP contribution in [0.25, 0.3) is 0 Å². The number of carboxylic acid groups (broad SMARTS) is 1. The van der Waals surface area contributed by atoms with Gasteiger partial charge in [-0.25, -0.2) is 4.79 Å². The maximum Gasteiger partial charge on any atom is 0.326 e. The highest BCUT2D eigenvalue weighted by Gasteiger charge is 2.36. The minimum Gasteiger partial charge on any atom is -0.480 e. The third-order valence-electron chi connectivity index (χ3n) is 4.51. The Morgan fingerprint density at radius 3 is 2.44 bits per heavy atom. The molecule has 0 saturated heterocycles. The Bertz CT molecular complexity index is 759. The Balaban J connectivity index is 1.71. The van der Waals surface area contributed by atoms with Crippen LogP contribution in [-0.2, 0) is 33.9 Å². The summed E-state index contributed by atoms with van der Waals surface area (Å²) in [5.41, 5.74) is 2.95. The highest BCUT2D eigenvalue weighted by molar-refractivity contribution is 5.87. The molecule has 2 aromatic carbocycles. The Labute approximate surface area is 146 Å². The van der Waals surface area contributed by atoms with Crippen LogP contribution >= 0.6 is 0 Å². The number of carbonyl (C=O) groups excluding carboxylic acids is 1. The molecule has 2 unspecified atom stereocenters. The average molecular weight is 339 g/mol. The van der Waals surface area contributed by atoms with Gasteiger partial charge in [-0.15, -0.1) is 0 Å². The van der Waals surface area contributed by atoms with Crippen molar-refractivity contribution in [1.29, 1.82) is 0 Å². The van der Waals surface area contributed by atoms with Crippen molar-refractivity contribution in [3.63, 3.8) is 0 Å². The predicted molar refractivity (Wildman–Crippen MR) is 92.8 cm³/mol. The molecule has 1 heterocycles. The molecule has 5 nitrogen and oxygen atoms in total. The molecular weight excluding hydrogens is 318 g/mol. The average Bonchev–Trinajstić information content (AvgIpc) is 2.65. The molecule has 25 heavy (non-hydrogen) atoms. The van der Waals surface area contributed by atoms with Gasteiger partial charge < -0.3 is 14.7 Å². The van der Waals surface area contributed by atoms with E-state index in [1.165, 1.54) is 4.90 Å². The maximum atomic E-state index is 12.8. The number of benzene rings is 2. The normalized spacial score (nSPS) is 17.6. The molecular formula is C20H21NO4. The molecule has 2 atom stereocenters. The summed E-state index contributed by atoms with van der Waals surface area (Å²) in [6.07, 6.45) is -0.379. The molecule has 1 aliphatic heterocycles. The summed E-state index contributed by atoms with van der Waals surface area (Å²) < 4.78 is 5.67. The smallest absolute Gasteiger partial charge is 0.326 e. The van der Waals surface area contributed by atoms with Gasteiger partial charge in [0.05, 0.1) is 6.61 Å². The number of amides is 1. The second-order valence-corrected chi connectivity index (χ2v) is 6.23. The number of nitrogens with zero attached hydrogens (tertiary/aromatic N) is 1. The van der Waals surface area contributed by atoms with Crippen molar-refractivity contribution in [1.82, 2.24) is 4.90 Å². The van der Waals surface area contributed by atoms with Gasteiger partial charge in [0.25, 0.3) is 5.91 Å². The third-order valence-corrected chi connectivity index (χ3v) is 4.51. The summed E-state index contributed by atoms with van der Waals surface area (Å²) in [5.74, 6) is -1.28. The molecule has 130 valence electrons. The van der Waals surface area contributed by atoms with Gasteiger partial charge in [0.2, 0.25) is 0 Å². The van der Waals surface area contributed by atoms with E-state index in [-0.39, 0.29) is 5.91 Å². The van der Waals surface area contributed by atoms with E-state index >= 15 is 0 Å². The van der Waals surface area contributed by atoms with Crippen LogP contribution in [0.2, 0.25) is 0 Å². The van der Waals surface area contributed by atoms with Gasteiger partial charge in [-0.3, -0.25) is 4.79 Å². The minimum absolute atomic E-state index is 0.294. The van der Waals surface area contributed by atoms with Crippen molar-refractivity contribution >= 4 is 11.9 Å². The molecule has 0 fully saturated rings. The summed E-state index contributed by atoms with van der Waals surface area (Å²) in [7, 11) is 0. The first-order valence-electron chi connectivity index (χ1n) is 8.32. The van der Waals surface area contributed by atoms with Crippen LogP contribution < -0.4 is 0 Å². The van der Waals surface area contributed by atoms with Gasteiger partial charge in [0.15, 0.2) is 0 Å². The van der Waals surface area contributed by atoms with Crippen molar-refractivity contribution in [2.24, 2.45) is 0 Å². The molecule has 1 aliphatic rings. The van der Waals surface area contributed by atoms with Crippen molar-refractivity contribution in [3.8, 4) is 0 Å². The minimum atomic E-state index is -0.988. The van der Waals surface area contributed by atoms with Crippen LogP contribution in [0.4, 0.5) is 0 Å². The van der Waals surface area contributed by atoms with E-state index in [4.69, 9.17) is 4.74 Å². The van der Waals surface area contributed by atoms with Gasteiger partial charge in [-0.1, -0.05) is 54.6 Å². The Kier molecular flexibility index (Phi) is 5.14. The van der Waals surface area contributed by atoms with Crippen molar-refractivity contribution in [2.45, 2.75) is 38.6 Å². The molecule has 1 amide bonds. The van der Waals surface area contributed by atoms with Crippen LogP contribution in [0.3, 0.4) is 0 Å². The number of carboxylic acids is 1. The zero-order chi connectivity index (χ0) is 17.8. The monoisotopic (exact) mass is 339 g/mol. The number of hydrogen-bond donors (Lipinski definition) is 1. The van der Waals surface area contributed by atoms with Gasteiger partial charge in [-0.05, 0) is 23.6 Å². The predicted octanol–water partition coefficient (Wildman–Crippen LogP) is 2.63. The van der Waals surface area contributed by atoms with E-state index in [2.05, 4.69) is 0 Å². The first-order valence-corrected chi connectivity index (χ1v) is 8.32. The van der Waals surface area contributed by atoms with Gasteiger partial charge in [0, 0.05) is 13.0 Å². The number of ether oxygens (including phenoxy) is 1. The first-order chi connectivity index (χ1) is 12.1. The maximum absolute atomic E-state index is 12.8. The van der Waals surface area contributed by atoms with Crippen LogP contribution in [-0.4, -0.2) is 34.0 Å². The van der Waals surface area contributed by atoms with Gasteiger partial charge in [0.1, 0.15) is 12.1 Å². The molecule has 0 radical (unpaired) electrons. The van der Waals surface area contributed by atoms with E-state index in [1.54, 1.807) is 6.92 Å². The van der Waals surface area contributed by atoms with Crippen LogP contribution in [0.15, 0.2) is 54.6 Å². The quantitative estimate of drug-likeness (QED) is 0.909. The molecule has 1 N–H and O–H groups in total. The van der Waals surface area contributed by atoms with E-state index in [1.807, 2.05) is 54.6 Å². The first kappa shape index (κ1) is 17.2. The summed E-state index contributed by atoms with van der Waals surface area (Å²) in [5, 5.41) is 9.54. The molecule has 0 spiro atoms. The van der Waals surface area contributed by atoms with Crippen molar-refractivity contribution < 1.29 is 19.4 Å². The lowest BCUT2D eigenvalue weighted by molar-refractivity contribution is -0.157. The van der Waals surface area contributed by atoms with E-state index in [0.29, 0.717) is 19.6 Å². The highest BCUT2D eigenvalue weighted by atomic mass is 16.5. The molecule has 0 aliphatic carbocycles. The van der Waals surface area contributed by atoms with Crippen LogP contribution in [0, 0.1) is 0 Å². The zero-order valence-corrected chi connectivity index (χ0v) is 14.1. The topological polar surface area (TPSA) is 66.8 Å². The lowest BCUT2D eigenvalue weighted by Crippen LogP contribution is -2.51. The molecule has 0 aromatic heterocycles. The Hall–Kier alpha value is -2.66. The van der Waals surface area contributed by atoms with Crippen LogP contribution in [0.1, 0.15) is 23.6 Å². The molecule has 3 rings (SSSR count). The second kappa shape index (κ2) is 7.49. The summed E-state index contributed by atoms with van der Waals surface area (Å²) in [6.45, 7) is 2.28. The number of rotatable bonds is 5. The van der Waals surface area contributed by atoms with Crippen LogP contribution in [0.5, 0.6) is 0 Å².